The van der Waals surface area contributed by atoms with E-state index in [2.05, 4.69) is 22.0 Å². The Balaban J connectivity index is 1.45. The van der Waals surface area contributed by atoms with Gasteiger partial charge in [0.05, 0.1) is 0 Å². The van der Waals surface area contributed by atoms with Gasteiger partial charge in [-0.2, -0.15) is 0 Å². The van der Waals surface area contributed by atoms with Gasteiger partial charge in [-0.3, -0.25) is 9.69 Å². The molecule has 0 aromatic rings. The van der Waals surface area contributed by atoms with Crippen LogP contribution in [0.2, 0.25) is 0 Å². The largest absolute Gasteiger partial charge is 0.340 e. The molecule has 1 N–H and O–H groups in total. The van der Waals surface area contributed by atoms with Crippen LogP contribution in [0.1, 0.15) is 45.4 Å². The highest BCUT2D eigenvalue weighted by Crippen LogP contribution is 2.28. The normalized spacial score (nSPS) is 33.1. The molecule has 3 aliphatic rings. The Morgan fingerprint density at radius 2 is 1.52 bits per heavy atom. The molecular weight excluding hydrogens is 262 g/mol. The number of carbonyl (C=O) groups excluding carboxylic acids is 1. The smallest absolute Gasteiger partial charge is 0.225 e. The van der Waals surface area contributed by atoms with Crippen LogP contribution in [0.3, 0.4) is 0 Å². The van der Waals surface area contributed by atoms with E-state index in [1.165, 1.54) is 25.7 Å². The Morgan fingerprint density at radius 3 is 2.14 bits per heavy atom. The Hall–Kier alpha value is -0.610. The van der Waals surface area contributed by atoms with Crippen molar-refractivity contribution in [2.45, 2.75) is 51.5 Å². The molecule has 0 aromatic carbocycles. The highest BCUT2D eigenvalue weighted by Gasteiger charge is 2.31. The van der Waals surface area contributed by atoms with E-state index in [-0.39, 0.29) is 5.92 Å². The van der Waals surface area contributed by atoms with Crippen LogP contribution in [0.15, 0.2) is 0 Å². The highest BCUT2D eigenvalue weighted by atomic mass is 16.2. The van der Waals surface area contributed by atoms with Crippen molar-refractivity contribution < 1.29 is 4.79 Å². The summed E-state index contributed by atoms with van der Waals surface area (Å²) in [5, 5.41) is 3.35. The summed E-state index contributed by atoms with van der Waals surface area (Å²) in [6.07, 6.45) is 7.56. The van der Waals surface area contributed by atoms with Crippen LogP contribution in [0.25, 0.3) is 0 Å². The van der Waals surface area contributed by atoms with Crippen molar-refractivity contribution in [2.75, 3.05) is 39.3 Å². The first kappa shape index (κ1) is 15.3. The van der Waals surface area contributed by atoms with Crippen molar-refractivity contribution >= 4 is 5.91 Å². The van der Waals surface area contributed by atoms with Crippen LogP contribution in [-0.2, 0) is 4.79 Å². The number of nitrogens with zero attached hydrogens (tertiary/aromatic N) is 2. The fraction of sp³-hybridized carbons (Fsp3) is 0.941. The van der Waals surface area contributed by atoms with E-state index in [1.54, 1.807) is 0 Å². The topological polar surface area (TPSA) is 35.6 Å². The third kappa shape index (κ3) is 3.78. The number of nitrogens with one attached hydrogen (secondary N) is 1. The summed E-state index contributed by atoms with van der Waals surface area (Å²) < 4.78 is 0. The predicted molar refractivity (Wildman–Crippen MR) is 85.2 cm³/mol. The van der Waals surface area contributed by atoms with Crippen LogP contribution in [0.5, 0.6) is 0 Å². The second kappa shape index (κ2) is 7.10. The van der Waals surface area contributed by atoms with Gasteiger partial charge in [-0.05, 0) is 57.5 Å². The zero-order valence-electron chi connectivity index (χ0n) is 13.5. The van der Waals surface area contributed by atoms with Gasteiger partial charge in [-0.1, -0.05) is 6.92 Å². The lowest BCUT2D eigenvalue weighted by Crippen LogP contribution is -2.54. The van der Waals surface area contributed by atoms with Crippen LogP contribution < -0.4 is 5.32 Å². The third-order valence-electron chi connectivity index (χ3n) is 5.82. The average Bonchev–Trinajstić information content (AvgIpc) is 2.56. The lowest BCUT2D eigenvalue weighted by molar-refractivity contribution is -0.138. The SMILES string of the molecule is CC1CCC(N2CCN(C(=O)C3CCNCC3)CC2)CC1. The van der Waals surface area contributed by atoms with E-state index < -0.39 is 0 Å². The first-order chi connectivity index (χ1) is 10.2. The molecule has 21 heavy (non-hydrogen) atoms. The number of piperidine rings is 1. The first-order valence-corrected chi connectivity index (χ1v) is 8.97. The van der Waals surface area contributed by atoms with Gasteiger partial charge in [-0.25, -0.2) is 0 Å². The van der Waals surface area contributed by atoms with E-state index in [0.717, 1.165) is 64.1 Å². The van der Waals surface area contributed by atoms with Crippen molar-refractivity contribution in [3.05, 3.63) is 0 Å². The summed E-state index contributed by atoms with van der Waals surface area (Å²) in [5.74, 6) is 1.63. The number of hydrogen-bond acceptors (Lipinski definition) is 3. The Bertz CT molecular complexity index is 338. The van der Waals surface area contributed by atoms with E-state index in [9.17, 15) is 4.79 Å². The van der Waals surface area contributed by atoms with E-state index in [4.69, 9.17) is 0 Å². The molecule has 2 heterocycles. The molecule has 0 spiro atoms. The maximum atomic E-state index is 12.6. The number of carbonyl (C=O) groups is 1. The molecule has 3 rings (SSSR count). The molecule has 1 saturated carbocycles. The van der Waals surface area contributed by atoms with Crippen LogP contribution in [0.4, 0.5) is 0 Å². The van der Waals surface area contributed by atoms with Gasteiger partial charge in [0, 0.05) is 38.1 Å². The van der Waals surface area contributed by atoms with Crippen molar-refractivity contribution in [3.63, 3.8) is 0 Å². The van der Waals surface area contributed by atoms with Crippen LogP contribution in [-0.4, -0.2) is 61.0 Å². The summed E-state index contributed by atoms with van der Waals surface area (Å²) in [4.78, 5) is 17.3. The van der Waals surface area contributed by atoms with Crippen molar-refractivity contribution in [1.29, 1.82) is 0 Å². The van der Waals surface area contributed by atoms with E-state index in [0.29, 0.717) is 5.91 Å². The number of rotatable bonds is 2. The quantitative estimate of drug-likeness (QED) is 0.842. The van der Waals surface area contributed by atoms with Crippen LogP contribution in [0, 0.1) is 11.8 Å². The molecule has 0 bridgehead atoms. The first-order valence-electron chi connectivity index (χ1n) is 8.97. The molecule has 0 unspecified atom stereocenters. The highest BCUT2D eigenvalue weighted by molar-refractivity contribution is 5.79. The van der Waals surface area contributed by atoms with Crippen molar-refractivity contribution in [2.24, 2.45) is 11.8 Å². The molecule has 2 saturated heterocycles. The molecule has 4 heteroatoms. The molecular formula is C17H31N3O. The zero-order valence-corrected chi connectivity index (χ0v) is 13.5. The molecule has 0 radical (unpaired) electrons. The summed E-state index contributed by atoms with van der Waals surface area (Å²) in [5.41, 5.74) is 0. The molecule has 0 atom stereocenters. The minimum absolute atomic E-state index is 0.285. The van der Waals surface area contributed by atoms with Crippen molar-refractivity contribution in [1.82, 2.24) is 15.1 Å². The van der Waals surface area contributed by atoms with Gasteiger partial charge in [0.25, 0.3) is 0 Å². The minimum atomic E-state index is 0.285. The van der Waals surface area contributed by atoms with Gasteiger partial charge in [0.2, 0.25) is 5.91 Å². The van der Waals surface area contributed by atoms with Gasteiger partial charge in [0.15, 0.2) is 0 Å². The fourth-order valence-corrected chi connectivity index (χ4v) is 4.24. The third-order valence-corrected chi connectivity index (χ3v) is 5.82. The lowest BCUT2D eigenvalue weighted by Gasteiger charge is -2.42. The summed E-state index contributed by atoms with van der Waals surface area (Å²) in [6.45, 7) is 8.49. The number of piperazine rings is 1. The van der Waals surface area contributed by atoms with Gasteiger partial charge in [0.1, 0.15) is 0 Å². The number of amides is 1. The van der Waals surface area contributed by atoms with E-state index in [1.807, 2.05) is 0 Å². The second-order valence-electron chi connectivity index (χ2n) is 7.30. The Labute approximate surface area is 129 Å². The minimum Gasteiger partial charge on any atom is -0.340 e. The van der Waals surface area contributed by atoms with Crippen LogP contribution >= 0.6 is 0 Å². The molecule has 1 amide bonds. The second-order valence-corrected chi connectivity index (χ2v) is 7.30. The zero-order chi connectivity index (χ0) is 14.7. The lowest BCUT2D eigenvalue weighted by atomic mass is 9.86. The fourth-order valence-electron chi connectivity index (χ4n) is 4.24. The molecule has 1 aliphatic carbocycles. The predicted octanol–water partition coefficient (Wildman–Crippen LogP) is 1.71. The molecule has 2 aliphatic heterocycles. The molecule has 0 aromatic heterocycles. The Morgan fingerprint density at radius 1 is 0.905 bits per heavy atom. The monoisotopic (exact) mass is 293 g/mol. The number of hydrogen-bond donors (Lipinski definition) is 1. The maximum Gasteiger partial charge on any atom is 0.225 e. The summed E-state index contributed by atoms with van der Waals surface area (Å²) >= 11 is 0. The molecule has 120 valence electrons. The molecule has 4 nitrogen and oxygen atoms in total. The van der Waals surface area contributed by atoms with Gasteiger partial charge < -0.3 is 10.2 Å². The summed E-state index contributed by atoms with van der Waals surface area (Å²) in [6, 6.07) is 0.789. The van der Waals surface area contributed by atoms with Gasteiger partial charge in [-0.15, -0.1) is 0 Å². The maximum absolute atomic E-state index is 12.6. The molecule has 3 fully saturated rings. The van der Waals surface area contributed by atoms with E-state index >= 15 is 0 Å². The standard InChI is InChI=1S/C17H31N3O/c1-14-2-4-16(5-3-14)19-10-12-20(13-11-19)17(21)15-6-8-18-9-7-15/h14-16,18H,2-13H2,1H3. The average molecular weight is 293 g/mol. The summed E-state index contributed by atoms with van der Waals surface area (Å²) in [7, 11) is 0. The Kier molecular flexibility index (Phi) is 5.17. The van der Waals surface area contributed by atoms with Crippen molar-refractivity contribution in [3.8, 4) is 0 Å². The van der Waals surface area contributed by atoms with Gasteiger partial charge >= 0.3 is 0 Å².